The first-order chi connectivity index (χ1) is 9.72. The van der Waals surface area contributed by atoms with Crippen molar-refractivity contribution in [3.05, 3.63) is 35.4 Å². The lowest BCUT2D eigenvalue weighted by atomic mass is 10.1. The van der Waals surface area contributed by atoms with Gasteiger partial charge in [-0.1, -0.05) is 18.2 Å². The second kappa shape index (κ2) is 7.38. The van der Waals surface area contributed by atoms with Crippen LogP contribution in [0.1, 0.15) is 35.2 Å². The number of ether oxygens (including phenoxy) is 2. The zero-order chi connectivity index (χ0) is 14.4. The molecule has 1 amide bonds. The van der Waals surface area contributed by atoms with E-state index in [2.05, 4.69) is 0 Å². The molecule has 1 aromatic rings. The van der Waals surface area contributed by atoms with Gasteiger partial charge in [-0.15, -0.1) is 0 Å². The number of carbonyl (C=O) groups is 1. The molecule has 1 unspecified atom stereocenters. The summed E-state index contributed by atoms with van der Waals surface area (Å²) in [4.78, 5) is 17.1. The highest BCUT2D eigenvalue weighted by molar-refractivity contribution is 5.94. The lowest BCUT2D eigenvalue weighted by Gasteiger charge is -2.23. The summed E-state index contributed by atoms with van der Waals surface area (Å²) < 4.78 is 11.3. The van der Waals surface area contributed by atoms with E-state index < -0.39 is 0 Å². The fraction of sp³-hybridized carbons (Fsp3) is 0.533. The predicted molar refractivity (Wildman–Crippen MR) is 73.9 cm³/mol. The summed E-state index contributed by atoms with van der Waals surface area (Å²) in [6.45, 7) is 1.11. The Hall–Kier alpha value is -1.43. The topological polar surface area (TPSA) is 48.0 Å². The van der Waals surface area contributed by atoms with Crippen molar-refractivity contribution < 1.29 is 19.1 Å². The summed E-state index contributed by atoms with van der Waals surface area (Å²) in [5.41, 5.74) is 1.43. The van der Waals surface area contributed by atoms with E-state index in [1.807, 2.05) is 18.2 Å². The first-order valence-corrected chi connectivity index (χ1v) is 6.85. The lowest BCUT2D eigenvalue weighted by molar-refractivity contribution is -0.169. The Labute approximate surface area is 119 Å². The Bertz CT molecular complexity index is 443. The summed E-state index contributed by atoms with van der Waals surface area (Å²) in [6.07, 6.45) is 2.96. The summed E-state index contributed by atoms with van der Waals surface area (Å²) in [5.74, 6) is -0.184. The number of nitrogens with zero attached hydrogens (tertiary/aromatic N) is 1. The Balaban J connectivity index is 2.01. The number of amides is 1. The van der Waals surface area contributed by atoms with Gasteiger partial charge in [-0.2, -0.15) is 0 Å². The Morgan fingerprint density at radius 1 is 1.40 bits per heavy atom. The van der Waals surface area contributed by atoms with Crippen molar-refractivity contribution in [2.75, 3.05) is 20.8 Å². The Morgan fingerprint density at radius 2 is 2.20 bits per heavy atom. The molecule has 1 atom stereocenters. The van der Waals surface area contributed by atoms with Crippen molar-refractivity contribution >= 4 is 5.91 Å². The highest BCUT2D eigenvalue weighted by Crippen LogP contribution is 2.18. The maximum Gasteiger partial charge on any atom is 0.277 e. The smallest absolute Gasteiger partial charge is 0.277 e. The van der Waals surface area contributed by atoms with Gasteiger partial charge in [0, 0.05) is 19.2 Å². The number of hydrogen-bond acceptors (Lipinski definition) is 4. The molecule has 0 N–H and O–H groups in total. The molecule has 1 fully saturated rings. The van der Waals surface area contributed by atoms with Crippen LogP contribution in [0.25, 0.3) is 0 Å². The van der Waals surface area contributed by atoms with Gasteiger partial charge in [-0.25, -0.2) is 5.06 Å². The van der Waals surface area contributed by atoms with Gasteiger partial charge in [-0.05, 0) is 30.9 Å². The maximum absolute atomic E-state index is 12.2. The molecule has 1 aromatic carbocycles. The average molecular weight is 279 g/mol. The zero-order valence-electron chi connectivity index (χ0n) is 12.0. The predicted octanol–water partition coefficient (Wildman–Crippen LogP) is 2.36. The van der Waals surface area contributed by atoms with Crippen LogP contribution in [0.5, 0.6) is 0 Å². The van der Waals surface area contributed by atoms with Crippen LogP contribution in [0.4, 0.5) is 0 Å². The van der Waals surface area contributed by atoms with Gasteiger partial charge in [0.25, 0.3) is 5.91 Å². The molecule has 0 radical (unpaired) electrons. The number of hydroxylamine groups is 2. The second-order valence-corrected chi connectivity index (χ2v) is 4.75. The summed E-state index contributed by atoms with van der Waals surface area (Å²) in [7, 11) is 3.05. The highest BCUT2D eigenvalue weighted by Gasteiger charge is 2.18. The normalized spacial score (nSPS) is 18.8. The molecule has 0 bridgehead atoms. The van der Waals surface area contributed by atoms with E-state index in [4.69, 9.17) is 14.3 Å². The summed E-state index contributed by atoms with van der Waals surface area (Å²) in [5, 5.41) is 1.20. The molecule has 5 nitrogen and oxygen atoms in total. The minimum atomic E-state index is -0.184. The van der Waals surface area contributed by atoms with Gasteiger partial charge in [0.05, 0.1) is 13.7 Å². The molecule has 0 spiro atoms. The molecule has 1 saturated heterocycles. The first kappa shape index (κ1) is 15.0. The third-order valence-corrected chi connectivity index (χ3v) is 3.37. The number of carbonyl (C=O) groups excluding carboxylic acids is 1. The van der Waals surface area contributed by atoms with Crippen LogP contribution in [0.15, 0.2) is 24.3 Å². The van der Waals surface area contributed by atoms with Crippen LogP contribution >= 0.6 is 0 Å². The maximum atomic E-state index is 12.2. The van der Waals surface area contributed by atoms with Crippen LogP contribution in [-0.2, 0) is 20.9 Å². The fourth-order valence-corrected chi connectivity index (χ4v) is 2.13. The van der Waals surface area contributed by atoms with E-state index in [-0.39, 0.29) is 12.2 Å². The molecule has 0 aliphatic carbocycles. The zero-order valence-corrected chi connectivity index (χ0v) is 12.0. The van der Waals surface area contributed by atoms with E-state index in [0.29, 0.717) is 12.2 Å². The summed E-state index contributed by atoms with van der Waals surface area (Å²) in [6, 6.07) is 7.39. The Morgan fingerprint density at radius 3 is 2.90 bits per heavy atom. The molecule has 0 aromatic heterocycles. The molecule has 2 rings (SSSR count). The van der Waals surface area contributed by atoms with Crippen molar-refractivity contribution in [1.82, 2.24) is 5.06 Å². The fourth-order valence-electron chi connectivity index (χ4n) is 2.13. The quantitative estimate of drug-likeness (QED) is 0.776. The third-order valence-electron chi connectivity index (χ3n) is 3.37. The van der Waals surface area contributed by atoms with E-state index in [1.54, 1.807) is 13.1 Å². The van der Waals surface area contributed by atoms with Gasteiger partial charge in [0.15, 0.2) is 6.29 Å². The monoisotopic (exact) mass is 279 g/mol. The van der Waals surface area contributed by atoms with Gasteiger partial charge in [0.1, 0.15) is 0 Å². The largest absolute Gasteiger partial charge is 0.353 e. The number of benzene rings is 1. The van der Waals surface area contributed by atoms with Crippen molar-refractivity contribution in [3.63, 3.8) is 0 Å². The van der Waals surface area contributed by atoms with Gasteiger partial charge in [0.2, 0.25) is 0 Å². The van der Waals surface area contributed by atoms with Crippen molar-refractivity contribution in [2.45, 2.75) is 32.2 Å². The SMILES string of the molecule is CON(C)C(=O)c1ccccc1COC1CCCCO1. The van der Waals surface area contributed by atoms with Crippen LogP contribution in [0, 0.1) is 0 Å². The standard InChI is InChI=1S/C15H21NO4/c1-16(18-2)15(17)13-8-4-3-7-12(13)11-20-14-9-5-6-10-19-14/h3-4,7-8,14H,5-6,9-11H2,1-2H3. The number of hydrogen-bond donors (Lipinski definition) is 0. The third kappa shape index (κ3) is 3.79. The van der Waals surface area contributed by atoms with E-state index in [9.17, 15) is 4.79 Å². The second-order valence-electron chi connectivity index (χ2n) is 4.75. The van der Waals surface area contributed by atoms with Crippen molar-refractivity contribution in [3.8, 4) is 0 Å². The minimum absolute atomic E-state index is 0.160. The van der Waals surface area contributed by atoms with Crippen molar-refractivity contribution in [1.29, 1.82) is 0 Å². The molecule has 5 heteroatoms. The van der Waals surface area contributed by atoms with Crippen LogP contribution in [0.3, 0.4) is 0 Å². The molecular weight excluding hydrogens is 258 g/mol. The van der Waals surface area contributed by atoms with E-state index in [1.165, 1.54) is 12.2 Å². The molecule has 1 heterocycles. The van der Waals surface area contributed by atoms with Gasteiger partial charge < -0.3 is 9.47 Å². The van der Waals surface area contributed by atoms with Crippen molar-refractivity contribution in [2.24, 2.45) is 0 Å². The lowest BCUT2D eigenvalue weighted by Crippen LogP contribution is -2.27. The van der Waals surface area contributed by atoms with E-state index >= 15 is 0 Å². The number of rotatable bonds is 5. The molecule has 110 valence electrons. The first-order valence-electron chi connectivity index (χ1n) is 6.85. The molecule has 20 heavy (non-hydrogen) atoms. The minimum Gasteiger partial charge on any atom is -0.353 e. The average Bonchev–Trinajstić information content (AvgIpc) is 2.52. The highest BCUT2D eigenvalue weighted by atomic mass is 16.7. The molecule has 1 aliphatic heterocycles. The van der Waals surface area contributed by atoms with E-state index in [0.717, 1.165) is 31.4 Å². The molecule has 0 saturated carbocycles. The van der Waals surface area contributed by atoms with Crippen LogP contribution in [-0.4, -0.2) is 38.0 Å². The van der Waals surface area contributed by atoms with Crippen LogP contribution < -0.4 is 0 Å². The van der Waals surface area contributed by atoms with Crippen LogP contribution in [0.2, 0.25) is 0 Å². The van der Waals surface area contributed by atoms with Gasteiger partial charge in [-0.3, -0.25) is 9.63 Å². The van der Waals surface area contributed by atoms with Gasteiger partial charge >= 0.3 is 0 Å². The molecular formula is C15H21NO4. The molecule has 1 aliphatic rings. The Kier molecular flexibility index (Phi) is 5.52. The summed E-state index contributed by atoms with van der Waals surface area (Å²) >= 11 is 0.